The van der Waals surface area contributed by atoms with Gasteiger partial charge in [-0.2, -0.15) is 0 Å². The second-order valence-corrected chi connectivity index (χ2v) is 8.50. The number of rotatable bonds is 13. The van der Waals surface area contributed by atoms with E-state index in [4.69, 9.17) is 4.99 Å². The van der Waals surface area contributed by atoms with E-state index in [1.807, 2.05) is 24.6 Å². The van der Waals surface area contributed by atoms with E-state index in [1.54, 1.807) is 0 Å². The molecule has 9 heteroatoms. The monoisotopic (exact) mass is 571 g/mol. The van der Waals surface area contributed by atoms with Crippen LogP contribution in [0.2, 0.25) is 0 Å². The van der Waals surface area contributed by atoms with Gasteiger partial charge in [-0.05, 0) is 38.3 Å². The van der Waals surface area contributed by atoms with E-state index >= 15 is 0 Å². The molecule has 0 saturated heterocycles. The molecule has 2 aromatic rings. The van der Waals surface area contributed by atoms with E-state index in [9.17, 15) is 5.11 Å². The van der Waals surface area contributed by atoms with Crippen LogP contribution in [0.5, 0.6) is 0 Å². The molecule has 1 aromatic heterocycles. The van der Waals surface area contributed by atoms with Crippen LogP contribution in [0.25, 0.3) is 0 Å². The highest BCUT2D eigenvalue weighted by molar-refractivity contribution is 14.0. The topological polar surface area (TPSA) is 90.6 Å². The lowest BCUT2D eigenvalue weighted by Crippen LogP contribution is -2.47. The van der Waals surface area contributed by atoms with E-state index in [1.165, 1.54) is 5.69 Å². The van der Waals surface area contributed by atoms with Crippen LogP contribution in [0.15, 0.2) is 35.3 Å². The van der Waals surface area contributed by atoms with Crippen LogP contribution in [-0.4, -0.2) is 58.1 Å². The highest BCUT2D eigenvalue weighted by atomic mass is 127. The molecule has 33 heavy (non-hydrogen) atoms. The molecule has 186 valence electrons. The van der Waals surface area contributed by atoms with E-state index < -0.39 is 5.60 Å². The first-order valence-electron chi connectivity index (χ1n) is 11.7. The van der Waals surface area contributed by atoms with E-state index in [-0.39, 0.29) is 24.0 Å². The number of halogens is 1. The molecule has 3 N–H and O–H groups in total. The third-order valence-electron chi connectivity index (χ3n) is 5.74. The average Bonchev–Trinajstić information content (AvgIpc) is 3.11. The highest BCUT2D eigenvalue weighted by Gasteiger charge is 2.25. The fraction of sp³-hybridized carbons (Fsp3) is 0.625. The number of aryl methyl sites for hydroxylation is 1. The van der Waals surface area contributed by atoms with Crippen LogP contribution in [-0.2, 0) is 13.6 Å². The van der Waals surface area contributed by atoms with Gasteiger partial charge in [0.2, 0.25) is 0 Å². The molecular formula is C24H42IN7O. The van der Waals surface area contributed by atoms with Crippen LogP contribution in [0, 0.1) is 6.92 Å². The van der Waals surface area contributed by atoms with Crippen molar-refractivity contribution in [3.8, 4) is 0 Å². The minimum Gasteiger partial charge on any atom is -0.388 e. The van der Waals surface area contributed by atoms with Gasteiger partial charge in [-0.25, -0.2) is 4.99 Å². The summed E-state index contributed by atoms with van der Waals surface area (Å²) in [6.45, 7) is 8.75. The summed E-state index contributed by atoms with van der Waals surface area (Å²) in [5, 5.41) is 26.1. The Balaban J connectivity index is 0.00000544. The summed E-state index contributed by atoms with van der Waals surface area (Å²) in [5.74, 6) is 2.37. The Morgan fingerprint density at radius 3 is 2.36 bits per heavy atom. The lowest BCUT2D eigenvalue weighted by Gasteiger charge is -2.28. The number of nitrogens with zero attached hydrogens (tertiary/aromatic N) is 5. The number of nitrogens with one attached hydrogen (secondary N) is 2. The summed E-state index contributed by atoms with van der Waals surface area (Å²) in [6.07, 6.45) is 4.39. The van der Waals surface area contributed by atoms with Gasteiger partial charge in [-0.1, -0.05) is 44.9 Å². The van der Waals surface area contributed by atoms with Gasteiger partial charge in [0.1, 0.15) is 12.4 Å². The Hall–Kier alpha value is -1.88. The number of para-hydroxylation sites is 1. The first-order chi connectivity index (χ1) is 15.4. The van der Waals surface area contributed by atoms with Crippen molar-refractivity contribution < 1.29 is 5.11 Å². The number of anilines is 1. The van der Waals surface area contributed by atoms with Crippen LogP contribution >= 0.6 is 24.0 Å². The molecule has 8 nitrogen and oxygen atoms in total. The van der Waals surface area contributed by atoms with Crippen molar-refractivity contribution in [2.24, 2.45) is 12.0 Å². The quantitative estimate of drug-likeness (QED) is 0.147. The number of hydrogen-bond acceptors (Lipinski definition) is 5. The van der Waals surface area contributed by atoms with Crippen molar-refractivity contribution >= 4 is 35.6 Å². The molecule has 0 unspecified atom stereocenters. The van der Waals surface area contributed by atoms with Crippen molar-refractivity contribution in [1.82, 2.24) is 25.4 Å². The number of guanidine groups is 1. The Kier molecular flexibility index (Phi) is 13.3. The average molecular weight is 572 g/mol. The predicted octanol–water partition coefficient (Wildman–Crippen LogP) is 3.63. The van der Waals surface area contributed by atoms with Crippen LogP contribution in [0.4, 0.5) is 5.69 Å². The zero-order valence-electron chi connectivity index (χ0n) is 20.8. The van der Waals surface area contributed by atoms with E-state index in [2.05, 4.69) is 70.9 Å². The molecule has 1 heterocycles. The van der Waals surface area contributed by atoms with Gasteiger partial charge in [0.25, 0.3) is 0 Å². The first kappa shape index (κ1) is 29.2. The van der Waals surface area contributed by atoms with Gasteiger partial charge in [-0.3, -0.25) is 0 Å². The van der Waals surface area contributed by atoms with Gasteiger partial charge in [0, 0.05) is 39.4 Å². The summed E-state index contributed by atoms with van der Waals surface area (Å²) >= 11 is 0. The number of hydrogen-bond donors (Lipinski definition) is 3. The maximum atomic E-state index is 11.0. The van der Waals surface area contributed by atoms with Gasteiger partial charge >= 0.3 is 0 Å². The molecule has 0 aliphatic carbocycles. The Morgan fingerprint density at radius 2 is 1.79 bits per heavy atom. The third-order valence-corrected chi connectivity index (χ3v) is 5.74. The van der Waals surface area contributed by atoms with Crippen molar-refractivity contribution in [1.29, 1.82) is 0 Å². The summed E-state index contributed by atoms with van der Waals surface area (Å²) in [5.41, 5.74) is 0.488. The lowest BCUT2D eigenvalue weighted by molar-refractivity contribution is 0.0257. The molecule has 0 saturated carbocycles. The van der Waals surface area contributed by atoms with Crippen molar-refractivity contribution in [2.75, 3.05) is 31.6 Å². The van der Waals surface area contributed by atoms with Crippen molar-refractivity contribution in [3.63, 3.8) is 0 Å². The van der Waals surface area contributed by atoms with Gasteiger partial charge in [-0.15, -0.1) is 34.2 Å². The van der Waals surface area contributed by atoms with Gasteiger partial charge in [0.15, 0.2) is 11.8 Å². The fourth-order valence-corrected chi connectivity index (χ4v) is 3.73. The first-order valence-corrected chi connectivity index (χ1v) is 11.7. The molecule has 0 aliphatic rings. The fourth-order valence-electron chi connectivity index (χ4n) is 3.73. The van der Waals surface area contributed by atoms with Gasteiger partial charge in [0.05, 0.1) is 5.60 Å². The normalized spacial score (nSPS) is 11.8. The molecule has 0 bridgehead atoms. The number of aliphatic hydroxyl groups is 1. The Labute approximate surface area is 216 Å². The standard InChI is InChI=1S/C24H41N7O.HI/c1-6-14-24(32,15-7-2)19-27-23(26-18-22-29-28-20(3)31(22)5)25-16-11-17-30(4)21-12-9-8-10-13-21;/h8-10,12-13,32H,6-7,11,14-19H2,1-5H3,(H2,25,26,27);1H. The van der Waals surface area contributed by atoms with Crippen LogP contribution in [0.3, 0.4) is 0 Å². The molecular weight excluding hydrogens is 529 g/mol. The second kappa shape index (κ2) is 15.1. The largest absolute Gasteiger partial charge is 0.388 e. The second-order valence-electron chi connectivity index (χ2n) is 8.50. The lowest BCUT2D eigenvalue weighted by atomic mass is 9.93. The minimum absolute atomic E-state index is 0. The van der Waals surface area contributed by atoms with Gasteiger partial charge < -0.3 is 25.2 Å². The molecule has 2 rings (SSSR count). The molecule has 0 atom stereocenters. The SMILES string of the molecule is CCCC(O)(CCC)CNC(=NCc1nnc(C)n1C)NCCCN(C)c1ccccc1.I. The Morgan fingerprint density at radius 1 is 1.12 bits per heavy atom. The maximum Gasteiger partial charge on any atom is 0.191 e. The zero-order valence-corrected chi connectivity index (χ0v) is 23.2. The summed E-state index contributed by atoms with van der Waals surface area (Å²) in [6, 6.07) is 10.4. The molecule has 0 amide bonds. The summed E-state index contributed by atoms with van der Waals surface area (Å²) in [7, 11) is 4.05. The third kappa shape index (κ3) is 9.87. The van der Waals surface area contributed by atoms with E-state index in [0.717, 1.165) is 56.8 Å². The Bertz CT molecular complexity index is 819. The predicted molar refractivity (Wildman–Crippen MR) is 147 cm³/mol. The van der Waals surface area contributed by atoms with Crippen molar-refractivity contribution in [2.45, 2.75) is 65.0 Å². The van der Waals surface area contributed by atoms with E-state index in [0.29, 0.717) is 19.0 Å². The summed E-state index contributed by atoms with van der Waals surface area (Å²) < 4.78 is 1.94. The molecule has 0 aliphatic heterocycles. The number of aliphatic imine (C=N–C) groups is 1. The molecule has 0 fully saturated rings. The van der Waals surface area contributed by atoms with Crippen LogP contribution < -0.4 is 15.5 Å². The van der Waals surface area contributed by atoms with Crippen molar-refractivity contribution in [3.05, 3.63) is 42.0 Å². The highest BCUT2D eigenvalue weighted by Crippen LogP contribution is 2.18. The zero-order chi connectivity index (χ0) is 23.4. The maximum absolute atomic E-state index is 11.0. The smallest absolute Gasteiger partial charge is 0.191 e. The van der Waals surface area contributed by atoms with Crippen LogP contribution in [0.1, 0.15) is 57.6 Å². The molecule has 1 aromatic carbocycles. The summed E-state index contributed by atoms with van der Waals surface area (Å²) in [4.78, 5) is 6.96. The number of aromatic nitrogens is 3. The molecule has 0 radical (unpaired) electrons. The minimum atomic E-state index is -0.721. The molecule has 0 spiro atoms. The number of benzene rings is 1.